The maximum absolute atomic E-state index is 11.5. The Morgan fingerprint density at radius 1 is 1.09 bits per heavy atom. The smallest absolute Gasteiger partial charge is 0.302 e. The molecule has 1 N–H and O–H groups in total. The van der Waals surface area contributed by atoms with Crippen molar-refractivity contribution in [2.24, 2.45) is 46.3 Å². The molecule has 9 atom stereocenters. The molecule has 0 unspecified atom stereocenters. The van der Waals surface area contributed by atoms with Gasteiger partial charge < -0.3 is 9.84 Å². The molecular weight excluding hydrogens is 396 g/mol. The number of aliphatic hydroxyl groups is 1. The number of ether oxygens (including phenoxy) is 1. The number of hydrogen-bond donors (Lipinski definition) is 1. The van der Waals surface area contributed by atoms with Gasteiger partial charge in [0.15, 0.2) is 0 Å². The summed E-state index contributed by atoms with van der Waals surface area (Å²) < 4.78 is 5.57. The Kier molecular flexibility index (Phi) is 6.90. The summed E-state index contributed by atoms with van der Waals surface area (Å²) in [7, 11) is 0. The number of carbonyl (C=O) groups is 1. The fourth-order valence-corrected chi connectivity index (χ4v) is 8.98. The number of fused-ring (bicyclic) bond motifs is 5. The van der Waals surface area contributed by atoms with E-state index in [4.69, 9.17) is 4.74 Å². The lowest BCUT2D eigenvalue weighted by Crippen LogP contribution is -2.55. The summed E-state index contributed by atoms with van der Waals surface area (Å²) in [6.07, 6.45) is 14.0. The molecule has 0 amide bonds. The second kappa shape index (κ2) is 9.08. The van der Waals surface area contributed by atoms with Crippen molar-refractivity contribution in [3.8, 4) is 0 Å². The van der Waals surface area contributed by atoms with E-state index in [-0.39, 0.29) is 23.6 Å². The molecule has 0 aromatic heterocycles. The first-order valence-corrected chi connectivity index (χ1v) is 13.6. The van der Waals surface area contributed by atoms with Crippen LogP contribution in [0.4, 0.5) is 0 Å². The van der Waals surface area contributed by atoms with Gasteiger partial charge in [0.1, 0.15) is 6.10 Å². The van der Waals surface area contributed by atoms with E-state index in [2.05, 4.69) is 40.7 Å². The van der Waals surface area contributed by atoms with Gasteiger partial charge in [-0.1, -0.05) is 65.5 Å². The lowest BCUT2D eigenvalue weighted by Gasteiger charge is -2.59. The third-order valence-corrected chi connectivity index (χ3v) is 10.6. The molecular formula is C29H48O3. The minimum atomic E-state index is -0.334. The van der Waals surface area contributed by atoms with E-state index >= 15 is 0 Å². The Balaban J connectivity index is 1.51. The van der Waals surface area contributed by atoms with Crippen LogP contribution in [0, 0.1) is 46.3 Å². The molecule has 0 saturated heterocycles. The summed E-state index contributed by atoms with van der Waals surface area (Å²) in [5, 5.41) is 11.4. The highest BCUT2D eigenvalue weighted by Crippen LogP contribution is 2.67. The van der Waals surface area contributed by atoms with Crippen LogP contribution in [0.5, 0.6) is 0 Å². The van der Waals surface area contributed by atoms with Crippen LogP contribution in [0.3, 0.4) is 0 Å². The molecule has 0 bridgehead atoms. The van der Waals surface area contributed by atoms with E-state index in [0.29, 0.717) is 23.2 Å². The molecule has 3 fully saturated rings. The second-order valence-electron chi connectivity index (χ2n) is 12.9. The Hall–Kier alpha value is -0.830. The van der Waals surface area contributed by atoms with Crippen molar-refractivity contribution in [3.63, 3.8) is 0 Å². The van der Waals surface area contributed by atoms with Gasteiger partial charge in [0.05, 0.1) is 6.10 Å². The minimum Gasteiger partial charge on any atom is -0.462 e. The van der Waals surface area contributed by atoms with Crippen molar-refractivity contribution in [1.82, 2.24) is 0 Å². The van der Waals surface area contributed by atoms with Gasteiger partial charge in [-0.2, -0.15) is 0 Å². The van der Waals surface area contributed by atoms with Crippen LogP contribution >= 0.6 is 0 Å². The largest absolute Gasteiger partial charge is 0.462 e. The zero-order chi connectivity index (χ0) is 23.3. The molecule has 4 aliphatic rings. The summed E-state index contributed by atoms with van der Waals surface area (Å²) in [5.41, 5.74) is 1.92. The van der Waals surface area contributed by atoms with E-state index in [1.807, 2.05) is 0 Å². The lowest BCUT2D eigenvalue weighted by atomic mass is 9.46. The maximum atomic E-state index is 11.5. The van der Waals surface area contributed by atoms with Gasteiger partial charge >= 0.3 is 5.97 Å². The van der Waals surface area contributed by atoms with Crippen molar-refractivity contribution in [1.29, 1.82) is 0 Å². The molecule has 4 aliphatic carbocycles. The molecule has 182 valence electrons. The first-order chi connectivity index (χ1) is 15.1. The fraction of sp³-hybridized carbons (Fsp3) is 0.897. The van der Waals surface area contributed by atoms with Crippen molar-refractivity contribution in [3.05, 3.63) is 11.6 Å². The van der Waals surface area contributed by atoms with Gasteiger partial charge in [-0.15, -0.1) is 0 Å². The Labute approximate surface area is 196 Å². The van der Waals surface area contributed by atoms with Crippen LogP contribution in [-0.2, 0) is 9.53 Å². The zero-order valence-corrected chi connectivity index (χ0v) is 21.5. The van der Waals surface area contributed by atoms with Crippen molar-refractivity contribution < 1.29 is 14.6 Å². The van der Waals surface area contributed by atoms with Gasteiger partial charge in [-0.25, -0.2) is 0 Å². The second-order valence-corrected chi connectivity index (χ2v) is 12.9. The van der Waals surface area contributed by atoms with E-state index in [9.17, 15) is 9.90 Å². The first-order valence-electron chi connectivity index (χ1n) is 13.6. The molecule has 0 aromatic rings. The summed E-state index contributed by atoms with van der Waals surface area (Å²) in [6.45, 7) is 13.7. The van der Waals surface area contributed by atoms with Crippen molar-refractivity contribution >= 4 is 5.97 Å². The van der Waals surface area contributed by atoms with Crippen LogP contribution in [0.2, 0.25) is 0 Å². The number of carbonyl (C=O) groups excluding carboxylic acids is 1. The van der Waals surface area contributed by atoms with Crippen LogP contribution in [0.15, 0.2) is 11.6 Å². The van der Waals surface area contributed by atoms with E-state index in [0.717, 1.165) is 37.0 Å². The quantitative estimate of drug-likeness (QED) is 0.357. The summed E-state index contributed by atoms with van der Waals surface area (Å²) in [4.78, 5) is 11.5. The average Bonchev–Trinajstić information content (AvgIpc) is 3.05. The monoisotopic (exact) mass is 444 g/mol. The number of rotatable bonds is 6. The Morgan fingerprint density at radius 3 is 2.53 bits per heavy atom. The predicted molar refractivity (Wildman–Crippen MR) is 130 cm³/mol. The lowest BCUT2D eigenvalue weighted by molar-refractivity contribution is -0.149. The first kappa shape index (κ1) is 24.3. The third kappa shape index (κ3) is 4.21. The van der Waals surface area contributed by atoms with Crippen LogP contribution in [0.1, 0.15) is 106 Å². The molecule has 0 spiro atoms. The maximum Gasteiger partial charge on any atom is 0.302 e. The predicted octanol–water partition coefficient (Wildman–Crippen LogP) is 6.93. The van der Waals surface area contributed by atoms with Gasteiger partial charge in [0, 0.05) is 13.3 Å². The Bertz CT molecular complexity index is 726. The molecule has 3 saturated carbocycles. The highest BCUT2D eigenvalue weighted by Gasteiger charge is 2.61. The average molecular weight is 445 g/mol. The molecule has 4 rings (SSSR count). The number of esters is 1. The molecule has 0 aromatic carbocycles. The fourth-order valence-electron chi connectivity index (χ4n) is 8.98. The highest BCUT2D eigenvalue weighted by molar-refractivity contribution is 5.66. The molecule has 0 aliphatic heterocycles. The van der Waals surface area contributed by atoms with Crippen LogP contribution < -0.4 is 0 Å². The molecule has 32 heavy (non-hydrogen) atoms. The normalized spacial score (nSPS) is 44.3. The van der Waals surface area contributed by atoms with Gasteiger partial charge in [-0.05, 0) is 84.9 Å². The third-order valence-electron chi connectivity index (χ3n) is 10.6. The topological polar surface area (TPSA) is 46.5 Å². The summed E-state index contributed by atoms with van der Waals surface area (Å²) in [6, 6.07) is 0. The zero-order valence-electron chi connectivity index (χ0n) is 21.5. The van der Waals surface area contributed by atoms with E-state index in [1.165, 1.54) is 57.4 Å². The van der Waals surface area contributed by atoms with Crippen molar-refractivity contribution in [2.75, 3.05) is 0 Å². The summed E-state index contributed by atoms with van der Waals surface area (Å²) in [5.74, 6) is 3.85. The van der Waals surface area contributed by atoms with Gasteiger partial charge in [-0.3, -0.25) is 4.79 Å². The number of hydrogen-bond acceptors (Lipinski definition) is 3. The molecule has 0 radical (unpaired) electrons. The molecule has 3 heteroatoms. The van der Waals surface area contributed by atoms with Gasteiger partial charge in [0.25, 0.3) is 0 Å². The van der Waals surface area contributed by atoms with E-state index in [1.54, 1.807) is 0 Å². The minimum absolute atomic E-state index is 0.00742. The standard InChI is InChI=1S/C29H48O3/c1-18(2)8-7-9-19(3)23-10-11-24-27-25(13-15-29(23,24)6)28(5)14-12-22(32-20(4)30)16-21(28)17-26(27)31/h17-19,22-27,31H,7-16H2,1-6H3/t19-,22+,23-,24+,25+,26+,27+,28+,29-/m1/s1. The Morgan fingerprint density at radius 2 is 1.84 bits per heavy atom. The molecule has 3 nitrogen and oxygen atoms in total. The summed E-state index contributed by atoms with van der Waals surface area (Å²) >= 11 is 0. The van der Waals surface area contributed by atoms with Crippen molar-refractivity contribution in [2.45, 2.75) is 118 Å². The van der Waals surface area contributed by atoms with Crippen LogP contribution in [0.25, 0.3) is 0 Å². The van der Waals surface area contributed by atoms with E-state index < -0.39 is 0 Å². The number of aliphatic hydroxyl groups excluding tert-OH is 1. The highest BCUT2D eigenvalue weighted by atomic mass is 16.5. The van der Waals surface area contributed by atoms with Gasteiger partial charge in [0.2, 0.25) is 0 Å². The molecule has 0 heterocycles. The SMILES string of the molecule is CC(=O)O[C@H]1CC[C@@]2(C)C(=C[C@H](O)[C@H]3[C@@H]4CC[C@H]([C@H](C)CCCC(C)C)[C@@]4(C)CC[C@@H]32)C1. The van der Waals surface area contributed by atoms with Crippen LogP contribution in [-0.4, -0.2) is 23.3 Å².